The van der Waals surface area contributed by atoms with Crippen LogP contribution in [0.5, 0.6) is 0 Å². The van der Waals surface area contributed by atoms with Gasteiger partial charge in [-0.1, -0.05) is 11.6 Å². The van der Waals surface area contributed by atoms with Gasteiger partial charge in [0.25, 0.3) is 0 Å². The number of H-pyrrole nitrogens is 1. The van der Waals surface area contributed by atoms with E-state index in [1.54, 1.807) is 6.07 Å². The second kappa shape index (κ2) is 7.40. The highest BCUT2D eigenvalue weighted by Crippen LogP contribution is 2.33. The SMILES string of the molecule is Cn1cc(-c2n[nH]c(=O)n2-c2cn(CCCN)c3ccc(F)cc23)c2cc(Cl)ccc21. The Morgan fingerprint density at radius 2 is 1.94 bits per heavy atom. The van der Waals surface area contributed by atoms with Crippen LogP contribution in [-0.2, 0) is 13.6 Å². The fourth-order valence-electron chi connectivity index (χ4n) is 4.12. The molecule has 2 aromatic carbocycles. The number of aromatic amines is 1. The summed E-state index contributed by atoms with van der Waals surface area (Å²) >= 11 is 6.24. The van der Waals surface area contributed by atoms with Gasteiger partial charge in [0.05, 0.1) is 11.2 Å². The Labute approximate surface area is 181 Å². The number of fused-ring (bicyclic) bond motifs is 2. The van der Waals surface area contributed by atoms with Crippen LogP contribution in [0.2, 0.25) is 5.02 Å². The molecular formula is C22H20ClFN6O. The van der Waals surface area contributed by atoms with E-state index in [4.69, 9.17) is 17.3 Å². The standard InChI is InChI=1S/C22H20ClFN6O/c1-28-11-17(15-9-13(23)3-5-18(15)28)21-26-27-22(31)30(21)20-12-29(8-2-7-25)19-6-4-14(24)10-16(19)20/h3-6,9-12H,2,7-8,25H2,1H3,(H,27,31). The van der Waals surface area contributed by atoms with Crippen molar-refractivity contribution in [2.75, 3.05) is 6.54 Å². The molecule has 0 atom stereocenters. The molecule has 0 radical (unpaired) electrons. The Morgan fingerprint density at radius 3 is 2.74 bits per heavy atom. The lowest BCUT2D eigenvalue weighted by atomic mass is 10.1. The van der Waals surface area contributed by atoms with Gasteiger partial charge in [-0.3, -0.25) is 0 Å². The summed E-state index contributed by atoms with van der Waals surface area (Å²) in [6, 6.07) is 10.2. The lowest BCUT2D eigenvalue weighted by Gasteiger charge is -2.04. The Kier molecular flexibility index (Phi) is 4.68. The van der Waals surface area contributed by atoms with Gasteiger partial charge in [-0.25, -0.2) is 18.9 Å². The zero-order valence-corrected chi connectivity index (χ0v) is 17.5. The molecule has 0 saturated heterocycles. The van der Waals surface area contributed by atoms with E-state index in [-0.39, 0.29) is 5.82 Å². The number of halogens is 2. The average molecular weight is 439 g/mol. The molecule has 0 fully saturated rings. The van der Waals surface area contributed by atoms with E-state index >= 15 is 0 Å². The Balaban J connectivity index is 1.79. The summed E-state index contributed by atoms with van der Waals surface area (Å²) in [6.45, 7) is 1.19. The molecule has 0 unspecified atom stereocenters. The van der Waals surface area contributed by atoms with Crippen molar-refractivity contribution >= 4 is 33.4 Å². The zero-order valence-electron chi connectivity index (χ0n) is 16.8. The summed E-state index contributed by atoms with van der Waals surface area (Å²) in [7, 11) is 1.92. The first-order chi connectivity index (χ1) is 15.0. The molecular weight excluding hydrogens is 419 g/mol. The van der Waals surface area contributed by atoms with E-state index in [0.29, 0.717) is 35.0 Å². The van der Waals surface area contributed by atoms with Crippen molar-refractivity contribution < 1.29 is 4.39 Å². The minimum atomic E-state index is -0.406. The largest absolute Gasteiger partial charge is 0.350 e. The van der Waals surface area contributed by atoms with Crippen LogP contribution in [-0.4, -0.2) is 30.4 Å². The van der Waals surface area contributed by atoms with Gasteiger partial charge in [0.1, 0.15) is 5.82 Å². The molecule has 158 valence electrons. The van der Waals surface area contributed by atoms with E-state index < -0.39 is 5.69 Å². The normalized spacial score (nSPS) is 11.7. The van der Waals surface area contributed by atoms with E-state index in [9.17, 15) is 9.18 Å². The molecule has 7 nitrogen and oxygen atoms in total. The number of aryl methyl sites for hydroxylation is 2. The monoisotopic (exact) mass is 438 g/mol. The number of hydrogen-bond acceptors (Lipinski definition) is 3. The van der Waals surface area contributed by atoms with Gasteiger partial charge in [0.15, 0.2) is 5.82 Å². The van der Waals surface area contributed by atoms with Crippen LogP contribution in [0.4, 0.5) is 4.39 Å². The highest BCUT2D eigenvalue weighted by molar-refractivity contribution is 6.31. The molecule has 0 aliphatic rings. The van der Waals surface area contributed by atoms with E-state index in [1.165, 1.54) is 16.7 Å². The predicted octanol–water partition coefficient (Wildman–Crippen LogP) is 3.82. The quantitative estimate of drug-likeness (QED) is 0.437. The lowest BCUT2D eigenvalue weighted by Crippen LogP contribution is -2.15. The van der Waals surface area contributed by atoms with Gasteiger partial charge < -0.3 is 14.9 Å². The molecule has 3 N–H and O–H groups in total. The topological polar surface area (TPSA) is 86.6 Å². The maximum Gasteiger partial charge on any atom is 0.348 e. The van der Waals surface area contributed by atoms with Gasteiger partial charge in [0, 0.05) is 52.9 Å². The zero-order chi connectivity index (χ0) is 21.7. The van der Waals surface area contributed by atoms with Gasteiger partial charge in [-0.2, -0.15) is 5.10 Å². The molecule has 3 aromatic heterocycles. The van der Waals surface area contributed by atoms with Gasteiger partial charge in [-0.05, 0) is 49.4 Å². The van der Waals surface area contributed by atoms with Gasteiger partial charge >= 0.3 is 5.69 Å². The van der Waals surface area contributed by atoms with E-state index in [2.05, 4.69) is 10.2 Å². The molecule has 0 bridgehead atoms. The smallest absolute Gasteiger partial charge is 0.348 e. The van der Waals surface area contributed by atoms with Gasteiger partial charge in [-0.15, -0.1) is 0 Å². The molecule has 5 aromatic rings. The van der Waals surface area contributed by atoms with Crippen LogP contribution in [0, 0.1) is 5.82 Å². The predicted molar refractivity (Wildman–Crippen MR) is 120 cm³/mol. The summed E-state index contributed by atoms with van der Waals surface area (Å²) in [5, 5.41) is 8.93. The molecule has 5 rings (SSSR count). The first-order valence-electron chi connectivity index (χ1n) is 9.89. The Morgan fingerprint density at radius 1 is 1.13 bits per heavy atom. The van der Waals surface area contributed by atoms with Crippen LogP contribution in [0.3, 0.4) is 0 Å². The minimum absolute atomic E-state index is 0.375. The third-order valence-corrected chi connectivity index (χ3v) is 5.77. The highest BCUT2D eigenvalue weighted by atomic mass is 35.5. The molecule has 0 aliphatic carbocycles. The lowest BCUT2D eigenvalue weighted by molar-refractivity contribution is 0.629. The second-order valence-electron chi connectivity index (χ2n) is 7.51. The highest BCUT2D eigenvalue weighted by Gasteiger charge is 2.21. The van der Waals surface area contributed by atoms with Crippen LogP contribution in [0.25, 0.3) is 38.9 Å². The summed E-state index contributed by atoms with van der Waals surface area (Å²) in [5.74, 6) is 0.0559. The van der Waals surface area contributed by atoms with E-state index in [1.807, 2.05) is 46.8 Å². The summed E-state index contributed by atoms with van der Waals surface area (Å²) in [4.78, 5) is 12.9. The Hall–Kier alpha value is -3.36. The number of rotatable bonds is 5. The molecule has 31 heavy (non-hydrogen) atoms. The van der Waals surface area contributed by atoms with E-state index in [0.717, 1.165) is 28.4 Å². The molecule has 0 aliphatic heterocycles. The number of nitrogens with zero attached hydrogens (tertiary/aromatic N) is 4. The third kappa shape index (κ3) is 3.15. The molecule has 0 amide bonds. The van der Waals surface area contributed by atoms with Crippen LogP contribution in [0.1, 0.15) is 6.42 Å². The summed E-state index contributed by atoms with van der Waals surface area (Å²) < 4.78 is 19.6. The Bertz CT molecular complexity index is 1490. The molecule has 0 saturated carbocycles. The number of benzene rings is 2. The molecule has 9 heteroatoms. The second-order valence-corrected chi connectivity index (χ2v) is 7.95. The maximum atomic E-state index is 14.1. The fraction of sp³-hybridized carbons (Fsp3) is 0.182. The summed E-state index contributed by atoms with van der Waals surface area (Å²) in [5.41, 5.74) is 8.36. The van der Waals surface area contributed by atoms with Crippen LogP contribution in [0.15, 0.2) is 53.6 Å². The average Bonchev–Trinajstić information content (AvgIpc) is 3.39. The number of nitrogens with two attached hydrogens (primary N) is 1. The fourth-order valence-corrected chi connectivity index (χ4v) is 4.29. The molecule has 0 spiro atoms. The van der Waals surface area contributed by atoms with Gasteiger partial charge in [0.2, 0.25) is 0 Å². The van der Waals surface area contributed by atoms with Crippen molar-refractivity contribution in [2.24, 2.45) is 12.8 Å². The first-order valence-corrected chi connectivity index (χ1v) is 10.3. The molecule has 3 heterocycles. The number of aromatic nitrogens is 5. The minimum Gasteiger partial charge on any atom is -0.350 e. The van der Waals surface area contributed by atoms with Crippen LogP contribution < -0.4 is 11.4 Å². The van der Waals surface area contributed by atoms with Crippen molar-refractivity contribution in [2.45, 2.75) is 13.0 Å². The first kappa shape index (κ1) is 19.6. The number of hydrogen-bond donors (Lipinski definition) is 2. The maximum absolute atomic E-state index is 14.1. The van der Waals surface area contributed by atoms with Crippen molar-refractivity contribution in [1.82, 2.24) is 23.9 Å². The van der Waals surface area contributed by atoms with Crippen molar-refractivity contribution in [3.05, 3.63) is 70.1 Å². The van der Waals surface area contributed by atoms with Crippen LogP contribution >= 0.6 is 11.6 Å². The van der Waals surface area contributed by atoms with Crippen molar-refractivity contribution in [1.29, 1.82) is 0 Å². The third-order valence-electron chi connectivity index (χ3n) is 5.53. The summed E-state index contributed by atoms with van der Waals surface area (Å²) in [6.07, 6.45) is 4.51. The van der Waals surface area contributed by atoms with Crippen molar-refractivity contribution in [3.8, 4) is 17.1 Å². The van der Waals surface area contributed by atoms with Crippen molar-refractivity contribution in [3.63, 3.8) is 0 Å². The number of nitrogens with one attached hydrogen (secondary N) is 1.